The van der Waals surface area contributed by atoms with Gasteiger partial charge in [-0.2, -0.15) is 0 Å². The van der Waals surface area contributed by atoms with E-state index in [1.165, 1.54) is 20.8 Å². The van der Waals surface area contributed by atoms with E-state index in [0.717, 1.165) is 0 Å². The van der Waals surface area contributed by atoms with Crippen molar-refractivity contribution in [3.05, 3.63) is 0 Å². The van der Waals surface area contributed by atoms with Crippen molar-refractivity contribution in [2.24, 2.45) is 11.5 Å². The quantitative estimate of drug-likeness (QED) is 0.232. The molecular formula is C15H29N5O5. The molecule has 0 aromatic rings. The standard InChI is InChI=1S/C15H29N5O5/c1-8(17)12(21)18-9(2)13(22)20-11(6-4-5-7-16)14(23)19-10(3)15(24)25/h8-11H,4-7,16-17H2,1-3H3,(H,18,21)(H,19,23)(H,20,22)(H,24,25)/t8-,9-,10-,11-/m0/s1. The third-order valence-electron chi connectivity index (χ3n) is 3.47. The second-order valence-electron chi connectivity index (χ2n) is 5.93. The van der Waals surface area contributed by atoms with Crippen LogP contribution in [0, 0.1) is 0 Å². The van der Waals surface area contributed by atoms with Gasteiger partial charge in [-0.05, 0) is 46.6 Å². The number of carboxylic acids is 1. The fourth-order valence-corrected chi connectivity index (χ4v) is 1.84. The number of carboxylic acid groups (broad SMARTS) is 1. The van der Waals surface area contributed by atoms with Gasteiger partial charge in [-0.3, -0.25) is 19.2 Å². The van der Waals surface area contributed by atoms with Gasteiger partial charge in [-0.25, -0.2) is 0 Å². The smallest absolute Gasteiger partial charge is 0.325 e. The average molecular weight is 359 g/mol. The summed E-state index contributed by atoms with van der Waals surface area (Å²) in [4.78, 5) is 46.8. The highest BCUT2D eigenvalue weighted by molar-refractivity contribution is 5.93. The van der Waals surface area contributed by atoms with E-state index in [1.54, 1.807) is 0 Å². The number of rotatable bonds is 11. The molecule has 0 fully saturated rings. The van der Waals surface area contributed by atoms with Gasteiger partial charge in [0.2, 0.25) is 17.7 Å². The molecule has 0 heterocycles. The maximum Gasteiger partial charge on any atom is 0.325 e. The van der Waals surface area contributed by atoms with E-state index in [9.17, 15) is 19.2 Å². The first-order valence-corrected chi connectivity index (χ1v) is 8.19. The first-order valence-electron chi connectivity index (χ1n) is 8.19. The highest BCUT2D eigenvalue weighted by atomic mass is 16.4. The number of carbonyl (C=O) groups excluding carboxylic acids is 3. The Labute approximate surface area is 147 Å². The van der Waals surface area contributed by atoms with Crippen molar-refractivity contribution in [3.63, 3.8) is 0 Å². The molecule has 10 heteroatoms. The van der Waals surface area contributed by atoms with Crippen LogP contribution < -0.4 is 27.4 Å². The number of hydrogen-bond donors (Lipinski definition) is 6. The van der Waals surface area contributed by atoms with E-state index in [1.807, 2.05) is 0 Å². The van der Waals surface area contributed by atoms with Gasteiger partial charge in [0, 0.05) is 0 Å². The maximum atomic E-state index is 12.2. The number of carbonyl (C=O) groups is 4. The third kappa shape index (κ3) is 9.01. The summed E-state index contributed by atoms with van der Waals surface area (Å²) in [7, 11) is 0. The summed E-state index contributed by atoms with van der Waals surface area (Å²) < 4.78 is 0. The molecule has 8 N–H and O–H groups in total. The SMILES string of the molecule is C[C@H](N)C(=O)N[C@@H](C)C(=O)N[C@@H](CCCCN)C(=O)N[C@@H](C)C(=O)O. The Morgan fingerprint density at radius 3 is 1.92 bits per heavy atom. The summed E-state index contributed by atoms with van der Waals surface area (Å²) in [5.41, 5.74) is 10.8. The normalized spacial score (nSPS) is 15.4. The van der Waals surface area contributed by atoms with Crippen molar-refractivity contribution in [3.8, 4) is 0 Å². The minimum Gasteiger partial charge on any atom is -0.480 e. The molecule has 0 bridgehead atoms. The van der Waals surface area contributed by atoms with E-state index in [-0.39, 0.29) is 0 Å². The molecule has 0 radical (unpaired) electrons. The lowest BCUT2D eigenvalue weighted by molar-refractivity contribution is -0.141. The molecule has 0 rings (SSSR count). The molecule has 0 saturated heterocycles. The van der Waals surface area contributed by atoms with Crippen molar-refractivity contribution in [1.29, 1.82) is 0 Å². The van der Waals surface area contributed by atoms with Crippen LogP contribution in [0.2, 0.25) is 0 Å². The summed E-state index contributed by atoms with van der Waals surface area (Å²) in [5.74, 6) is -2.85. The van der Waals surface area contributed by atoms with Gasteiger partial charge in [0.25, 0.3) is 0 Å². The number of unbranched alkanes of at least 4 members (excludes halogenated alkanes) is 1. The van der Waals surface area contributed by atoms with E-state index in [0.29, 0.717) is 25.8 Å². The number of nitrogens with two attached hydrogens (primary N) is 2. The summed E-state index contributed by atoms with van der Waals surface area (Å²) in [5, 5.41) is 16.1. The second-order valence-corrected chi connectivity index (χ2v) is 5.93. The highest BCUT2D eigenvalue weighted by Crippen LogP contribution is 2.02. The summed E-state index contributed by atoms with van der Waals surface area (Å²) in [6, 6.07) is -3.66. The van der Waals surface area contributed by atoms with Crippen molar-refractivity contribution in [1.82, 2.24) is 16.0 Å². The monoisotopic (exact) mass is 359 g/mol. The number of aliphatic carboxylic acids is 1. The summed E-state index contributed by atoms with van der Waals surface area (Å²) in [6.45, 7) is 4.71. The van der Waals surface area contributed by atoms with Crippen LogP contribution >= 0.6 is 0 Å². The fourth-order valence-electron chi connectivity index (χ4n) is 1.84. The lowest BCUT2D eigenvalue weighted by Crippen LogP contribution is -2.55. The lowest BCUT2D eigenvalue weighted by Gasteiger charge is -2.22. The number of hydrogen-bond acceptors (Lipinski definition) is 6. The van der Waals surface area contributed by atoms with Gasteiger partial charge in [0.05, 0.1) is 6.04 Å². The van der Waals surface area contributed by atoms with Gasteiger partial charge < -0.3 is 32.5 Å². The lowest BCUT2D eigenvalue weighted by atomic mass is 10.1. The van der Waals surface area contributed by atoms with E-state index < -0.39 is 47.9 Å². The van der Waals surface area contributed by atoms with Crippen molar-refractivity contribution in [2.75, 3.05) is 6.54 Å². The van der Waals surface area contributed by atoms with Gasteiger partial charge in [0.15, 0.2) is 0 Å². The van der Waals surface area contributed by atoms with Crippen LogP contribution in [0.5, 0.6) is 0 Å². The Hall–Kier alpha value is -2.20. The topological polar surface area (TPSA) is 177 Å². The Morgan fingerprint density at radius 2 is 1.44 bits per heavy atom. The van der Waals surface area contributed by atoms with Crippen LogP contribution in [0.25, 0.3) is 0 Å². The van der Waals surface area contributed by atoms with E-state index >= 15 is 0 Å². The molecule has 0 unspecified atom stereocenters. The fraction of sp³-hybridized carbons (Fsp3) is 0.733. The molecule has 0 aromatic heterocycles. The van der Waals surface area contributed by atoms with Crippen LogP contribution in [0.4, 0.5) is 0 Å². The van der Waals surface area contributed by atoms with Crippen molar-refractivity contribution < 1.29 is 24.3 Å². The van der Waals surface area contributed by atoms with Gasteiger partial charge >= 0.3 is 5.97 Å². The molecule has 25 heavy (non-hydrogen) atoms. The van der Waals surface area contributed by atoms with Crippen LogP contribution in [-0.2, 0) is 19.2 Å². The predicted molar refractivity (Wildman–Crippen MR) is 91.3 cm³/mol. The molecule has 3 amide bonds. The zero-order chi connectivity index (χ0) is 19.6. The van der Waals surface area contributed by atoms with E-state index in [2.05, 4.69) is 16.0 Å². The van der Waals surface area contributed by atoms with E-state index in [4.69, 9.17) is 16.6 Å². The van der Waals surface area contributed by atoms with Crippen LogP contribution in [-0.4, -0.2) is 59.5 Å². The number of amides is 3. The molecule has 0 saturated carbocycles. The molecule has 10 nitrogen and oxygen atoms in total. The van der Waals surface area contributed by atoms with Crippen molar-refractivity contribution >= 4 is 23.7 Å². The molecule has 4 atom stereocenters. The number of nitrogens with one attached hydrogen (secondary N) is 3. The summed E-state index contributed by atoms with van der Waals surface area (Å²) >= 11 is 0. The maximum absolute atomic E-state index is 12.2. The third-order valence-corrected chi connectivity index (χ3v) is 3.47. The van der Waals surface area contributed by atoms with Crippen LogP contribution in [0.15, 0.2) is 0 Å². The Kier molecular flexibility index (Phi) is 10.4. The highest BCUT2D eigenvalue weighted by Gasteiger charge is 2.26. The molecule has 0 aromatic carbocycles. The largest absolute Gasteiger partial charge is 0.480 e. The molecule has 0 aliphatic heterocycles. The molecule has 0 spiro atoms. The zero-order valence-electron chi connectivity index (χ0n) is 14.9. The Bertz CT molecular complexity index is 483. The van der Waals surface area contributed by atoms with Crippen molar-refractivity contribution in [2.45, 2.75) is 64.2 Å². The van der Waals surface area contributed by atoms with Gasteiger partial charge in [0.1, 0.15) is 18.1 Å². The zero-order valence-corrected chi connectivity index (χ0v) is 14.9. The van der Waals surface area contributed by atoms with Crippen LogP contribution in [0.3, 0.4) is 0 Å². The predicted octanol–water partition coefficient (Wildman–Crippen LogP) is -1.96. The average Bonchev–Trinajstić information content (AvgIpc) is 2.53. The first-order chi connectivity index (χ1) is 11.6. The molecule has 0 aliphatic rings. The minimum atomic E-state index is -1.18. The molecular weight excluding hydrogens is 330 g/mol. The Morgan fingerprint density at radius 1 is 0.880 bits per heavy atom. The second kappa shape index (κ2) is 11.4. The first kappa shape index (κ1) is 22.8. The Balaban J connectivity index is 4.85. The minimum absolute atomic E-state index is 0.301. The van der Waals surface area contributed by atoms with Crippen LogP contribution in [0.1, 0.15) is 40.0 Å². The van der Waals surface area contributed by atoms with Gasteiger partial charge in [-0.15, -0.1) is 0 Å². The van der Waals surface area contributed by atoms with Gasteiger partial charge in [-0.1, -0.05) is 0 Å². The molecule has 144 valence electrons. The molecule has 0 aliphatic carbocycles. The summed E-state index contributed by atoms with van der Waals surface area (Å²) in [6.07, 6.45) is 1.54.